The number of ether oxygens (including phenoxy) is 3. The Labute approximate surface area is 169 Å². The fraction of sp³-hybridized carbons (Fsp3) is 0.381. The van der Waals surface area contributed by atoms with E-state index in [4.69, 9.17) is 14.2 Å². The lowest BCUT2D eigenvalue weighted by atomic mass is 10.0. The van der Waals surface area contributed by atoms with E-state index in [9.17, 15) is 14.9 Å². The maximum absolute atomic E-state index is 12.9. The second-order valence-electron chi connectivity index (χ2n) is 6.87. The van der Waals surface area contributed by atoms with E-state index in [-0.39, 0.29) is 30.0 Å². The average molecular weight is 400 g/mol. The maximum Gasteiger partial charge on any atom is 0.311 e. The zero-order chi connectivity index (χ0) is 21.0. The van der Waals surface area contributed by atoms with Crippen LogP contribution in [0.2, 0.25) is 0 Å². The highest BCUT2D eigenvalue weighted by Crippen LogP contribution is 2.39. The fourth-order valence-electron chi connectivity index (χ4n) is 3.60. The molecular formula is C21H24N2O6. The molecule has 0 aliphatic carbocycles. The van der Waals surface area contributed by atoms with Crippen molar-refractivity contribution in [3.05, 3.63) is 57.6 Å². The van der Waals surface area contributed by atoms with Crippen molar-refractivity contribution >= 4 is 11.6 Å². The Balaban J connectivity index is 1.77. The molecule has 1 amide bonds. The third-order valence-electron chi connectivity index (χ3n) is 5.03. The first-order chi connectivity index (χ1) is 13.9. The normalized spacial score (nSPS) is 15.8. The van der Waals surface area contributed by atoms with Crippen molar-refractivity contribution in [2.75, 3.05) is 27.4 Å². The SMILES string of the molecule is COc1ccc(OC)c(C2CCCN2C(=O)COc2ccc(C)cc2[N+](=O)[O-])c1. The Morgan fingerprint density at radius 2 is 1.93 bits per heavy atom. The molecule has 0 radical (unpaired) electrons. The topological polar surface area (TPSA) is 91.1 Å². The van der Waals surface area contributed by atoms with Crippen molar-refractivity contribution in [1.29, 1.82) is 0 Å². The Hall–Kier alpha value is -3.29. The summed E-state index contributed by atoms with van der Waals surface area (Å²) in [5.74, 6) is 1.23. The number of carbonyl (C=O) groups excluding carboxylic acids is 1. The smallest absolute Gasteiger partial charge is 0.311 e. The largest absolute Gasteiger partial charge is 0.497 e. The third-order valence-corrected chi connectivity index (χ3v) is 5.03. The van der Waals surface area contributed by atoms with Crippen molar-refractivity contribution in [2.45, 2.75) is 25.8 Å². The highest BCUT2D eigenvalue weighted by Gasteiger charge is 2.32. The molecule has 3 rings (SSSR count). The summed E-state index contributed by atoms with van der Waals surface area (Å²) in [6, 6.07) is 10.0. The first-order valence-corrected chi connectivity index (χ1v) is 9.34. The quantitative estimate of drug-likeness (QED) is 0.520. The molecule has 154 valence electrons. The van der Waals surface area contributed by atoms with Gasteiger partial charge in [0.1, 0.15) is 11.5 Å². The number of hydrogen-bond donors (Lipinski definition) is 0. The zero-order valence-electron chi connectivity index (χ0n) is 16.7. The molecule has 8 nitrogen and oxygen atoms in total. The standard InChI is InChI=1S/C21H24N2O6/c1-14-6-8-20(18(11-14)23(25)26)29-13-21(24)22-10-4-5-17(22)16-12-15(27-2)7-9-19(16)28-3/h6-9,11-12,17H,4-5,10,13H2,1-3H3. The minimum Gasteiger partial charge on any atom is -0.497 e. The Kier molecular flexibility index (Phi) is 6.21. The number of hydrogen-bond acceptors (Lipinski definition) is 6. The number of nitro groups is 1. The Bertz CT molecular complexity index is 914. The number of methoxy groups -OCH3 is 2. The van der Waals surface area contributed by atoms with Crippen molar-refractivity contribution in [3.63, 3.8) is 0 Å². The summed E-state index contributed by atoms with van der Waals surface area (Å²) in [5.41, 5.74) is 1.48. The van der Waals surface area contributed by atoms with Gasteiger partial charge in [0.05, 0.1) is 25.2 Å². The van der Waals surface area contributed by atoms with E-state index in [0.717, 1.165) is 24.0 Å². The molecule has 0 spiro atoms. The van der Waals surface area contributed by atoms with Crippen LogP contribution >= 0.6 is 0 Å². The second-order valence-corrected chi connectivity index (χ2v) is 6.87. The second kappa shape index (κ2) is 8.81. The number of nitro benzene ring substituents is 1. The lowest BCUT2D eigenvalue weighted by Gasteiger charge is -2.26. The van der Waals surface area contributed by atoms with Gasteiger partial charge in [0, 0.05) is 18.2 Å². The van der Waals surface area contributed by atoms with Gasteiger partial charge >= 0.3 is 5.69 Å². The van der Waals surface area contributed by atoms with Crippen LogP contribution in [0.1, 0.15) is 30.0 Å². The van der Waals surface area contributed by atoms with Gasteiger partial charge in [0.25, 0.3) is 5.91 Å². The van der Waals surface area contributed by atoms with E-state index < -0.39 is 4.92 Å². The van der Waals surface area contributed by atoms with E-state index in [1.807, 2.05) is 18.2 Å². The van der Waals surface area contributed by atoms with Crippen LogP contribution in [0.5, 0.6) is 17.2 Å². The number of nitrogens with zero attached hydrogens (tertiary/aromatic N) is 2. The Morgan fingerprint density at radius 3 is 2.62 bits per heavy atom. The fourth-order valence-corrected chi connectivity index (χ4v) is 3.60. The lowest BCUT2D eigenvalue weighted by Crippen LogP contribution is -2.34. The predicted molar refractivity (Wildman–Crippen MR) is 107 cm³/mol. The van der Waals surface area contributed by atoms with E-state index in [1.165, 1.54) is 12.1 Å². The molecule has 1 heterocycles. The van der Waals surface area contributed by atoms with E-state index in [2.05, 4.69) is 0 Å². The lowest BCUT2D eigenvalue weighted by molar-refractivity contribution is -0.385. The molecule has 0 N–H and O–H groups in total. The van der Waals surface area contributed by atoms with Crippen LogP contribution in [0.15, 0.2) is 36.4 Å². The summed E-state index contributed by atoms with van der Waals surface area (Å²) < 4.78 is 16.3. The first-order valence-electron chi connectivity index (χ1n) is 9.34. The highest BCUT2D eigenvalue weighted by atomic mass is 16.6. The first kappa shape index (κ1) is 20.4. The molecule has 29 heavy (non-hydrogen) atoms. The van der Waals surface area contributed by atoms with Crippen LogP contribution in [0.4, 0.5) is 5.69 Å². The molecule has 0 aromatic heterocycles. The number of likely N-dealkylation sites (tertiary alicyclic amines) is 1. The van der Waals surface area contributed by atoms with Crippen molar-refractivity contribution in [2.24, 2.45) is 0 Å². The average Bonchev–Trinajstić information content (AvgIpc) is 3.21. The van der Waals surface area contributed by atoms with E-state index in [0.29, 0.717) is 18.0 Å². The van der Waals surface area contributed by atoms with Gasteiger partial charge in [-0.25, -0.2) is 0 Å². The van der Waals surface area contributed by atoms with Gasteiger partial charge < -0.3 is 19.1 Å². The zero-order valence-corrected chi connectivity index (χ0v) is 16.7. The van der Waals surface area contributed by atoms with Crippen LogP contribution < -0.4 is 14.2 Å². The number of aryl methyl sites for hydroxylation is 1. The number of benzene rings is 2. The van der Waals surface area contributed by atoms with Gasteiger partial charge in [0.15, 0.2) is 12.4 Å². The summed E-state index contributed by atoms with van der Waals surface area (Å²) in [6.07, 6.45) is 1.64. The number of rotatable bonds is 7. The molecule has 1 saturated heterocycles. The summed E-state index contributed by atoms with van der Waals surface area (Å²) in [4.78, 5) is 25.3. The van der Waals surface area contributed by atoms with Gasteiger partial charge in [0.2, 0.25) is 0 Å². The van der Waals surface area contributed by atoms with Gasteiger partial charge in [-0.1, -0.05) is 6.07 Å². The summed E-state index contributed by atoms with van der Waals surface area (Å²) in [5, 5.41) is 11.2. The number of amides is 1. The van der Waals surface area contributed by atoms with Gasteiger partial charge in [-0.3, -0.25) is 14.9 Å². The summed E-state index contributed by atoms with van der Waals surface area (Å²) >= 11 is 0. The predicted octanol–water partition coefficient (Wildman–Crippen LogP) is 3.66. The van der Waals surface area contributed by atoms with Crippen LogP contribution in [0.25, 0.3) is 0 Å². The van der Waals surface area contributed by atoms with Crippen LogP contribution in [0.3, 0.4) is 0 Å². The van der Waals surface area contributed by atoms with Crippen molar-refractivity contribution < 1.29 is 23.9 Å². The van der Waals surface area contributed by atoms with Crippen molar-refractivity contribution in [1.82, 2.24) is 4.90 Å². The molecule has 1 aliphatic rings. The minimum absolute atomic E-state index is 0.0867. The van der Waals surface area contributed by atoms with Crippen LogP contribution in [-0.4, -0.2) is 43.1 Å². The molecule has 0 saturated carbocycles. The molecule has 2 aromatic rings. The summed E-state index contributed by atoms with van der Waals surface area (Å²) in [7, 11) is 3.18. The minimum atomic E-state index is -0.507. The maximum atomic E-state index is 12.9. The number of carbonyl (C=O) groups is 1. The van der Waals surface area contributed by atoms with Crippen LogP contribution in [-0.2, 0) is 4.79 Å². The van der Waals surface area contributed by atoms with E-state index >= 15 is 0 Å². The highest BCUT2D eigenvalue weighted by molar-refractivity contribution is 5.79. The molecule has 2 aromatic carbocycles. The van der Waals surface area contributed by atoms with E-state index in [1.54, 1.807) is 32.1 Å². The summed E-state index contributed by atoms with van der Waals surface area (Å²) in [6.45, 7) is 2.08. The molecule has 1 unspecified atom stereocenters. The van der Waals surface area contributed by atoms with Gasteiger partial charge in [-0.05, 0) is 49.6 Å². The molecule has 1 atom stereocenters. The monoisotopic (exact) mass is 400 g/mol. The van der Waals surface area contributed by atoms with Gasteiger partial charge in [-0.2, -0.15) is 0 Å². The molecule has 0 bridgehead atoms. The van der Waals surface area contributed by atoms with Crippen molar-refractivity contribution in [3.8, 4) is 17.2 Å². The third kappa shape index (κ3) is 4.42. The van der Waals surface area contributed by atoms with Gasteiger partial charge in [-0.15, -0.1) is 0 Å². The Morgan fingerprint density at radius 1 is 1.17 bits per heavy atom. The molecule has 1 fully saturated rings. The molecule has 8 heteroatoms. The molecular weight excluding hydrogens is 376 g/mol. The van der Waals surface area contributed by atoms with Crippen LogP contribution in [0, 0.1) is 17.0 Å². The molecule has 1 aliphatic heterocycles.